The molecule has 0 aromatic carbocycles. The number of carboxylic acids is 1. The van der Waals surface area contributed by atoms with Gasteiger partial charge in [-0.15, -0.1) is 0 Å². The molecule has 0 aromatic heterocycles. The van der Waals surface area contributed by atoms with Gasteiger partial charge >= 0.3 is 29.8 Å². The van der Waals surface area contributed by atoms with Crippen molar-refractivity contribution in [2.45, 2.75) is 223 Å². The predicted molar refractivity (Wildman–Crippen MR) is 223 cm³/mol. The van der Waals surface area contributed by atoms with E-state index in [1.807, 2.05) is 104 Å². The van der Waals surface area contributed by atoms with E-state index in [-0.39, 0.29) is 34.9 Å². The number of carbonyl (C=O) groups is 5. The minimum absolute atomic E-state index is 0.0794. The van der Waals surface area contributed by atoms with Crippen LogP contribution in [-0.4, -0.2) is 57.4 Å². The maximum Gasteiger partial charge on any atom is 0.312 e. The van der Waals surface area contributed by atoms with E-state index in [2.05, 4.69) is 0 Å². The molecule has 0 heterocycles. The lowest BCUT2D eigenvalue weighted by atomic mass is 9.48. The summed E-state index contributed by atoms with van der Waals surface area (Å²) in [5.74, 6) is 0.634. The van der Waals surface area contributed by atoms with Gasteiger partial charge in [0.15, 0.2) is 0 Å². The predicted octanol–water partition coefficient (Wildman–Crippen LogP) is 10.8. The van der Waals surface area contributed by atoms with E-state index in [1.54, 1.807) is 0 Å². The van der Waals surface area contributed by atoms with Gasteiger partial charge in [0, 0.05) is 12.8 Å². The normalized spacial score (nSPS) is 33.5. The SMILES string of the molecule is CCC(C)(C)C(=O)OC(C)(C)C.CCC(C)(C)C(=O)OC12CC3CC(C1)CC(C(=O)O)(C3)C2.CCC(C)(C)C(=O)OC12CC3CC(C1)CC(C(=O)OC(C)(C)C)(C3)C2. The van der Waals surface area contributed by atoms with Crippen molar-refractivity contribution in [1.82, 2.24) is 0 Å². The van der Waals surface area contributed by atoms with Crippen LogP contribution in [0.15, 0.2) is 0 Å². The molecular weight excluding hydrogens is 737 g/mol. The number of aliphatic carboxylic acids is 1. The van der Waals surface area contributed by atoms with Gasteiger partial charge < -0.3 is 24.1 Å². The van der Waals surface area contributed by atoms with E-state index in [0.717, 1.165) is 77.0 Å². The van der Waals surface area contributed by atoms with Crippen molar-refractivity contribution in [2.24, 2.45) is 50.7 Å². The third kappa shape index (κ3) is 10.8. The molecule has 0 aromatic rings. The molecule has 0 saturated heterocycles. The summed E-state index contributed by atoms with van der Waals surface area (Å²) in [7, 11) is 0. The number of hydrogen-bond acceptors (Lipinski definition) is 9. The molecule has 8 aliphatic rings. The highest BCUT2D eigenvalue weighted by Crippen LogP contribution is 2.65. The van der Waals surface area contributed by atoms with Gasteiger partial charge in [0.1, 0.15) is 22.4 Å². The Bertz CT molecular complexity index is 1530. The topological polar surface area (TPSA) is 143 Å². The van der Waals surface area contributed by atoms with Crippen LogP contribution in [0.1, 0.15) is 200 Å². The highest BCUT2D eigenvalue weighted by molar-refractivity contribution is 5.80. The molecule has 8 fully saturated rings. The number of ether oxygens (including phenoxy) is 4. The van der Waals surface area contributed by atoms with Crippen LogP contribution in [0.3, 0.4) is 0 Å². The second-order valence-corrected chi connectivity index (χ2v) is 23.6. The Labute approximate surface area is 350 Å². The second-order valence-electron chi connectivity index (χ2n) is 23.6. The van der Waals surface area contributed by atoms with Crippen LogP contribution in [0.2, 0.25) is 0 Å². The first-order valence-electron chi connectivity index (χ1n) is 22.5. The standard InChI is InChI=1S/C21H34O4.C17H26O4.C10H20O2/c1-7-19(5,6)16(22)25-21-11-14-8-15(12-21)10-20(9-14,13-21)17(23)24-18(2,3)4;1-4-15(2,3)14(20)21-17-8-11-5-12(9-17)7-16(6-11,10-17)13(18)19;1-7-10(5,6)8(11)12-9(2,3)4/h14-15H,7-13H2,1-6H3;11-12H,4-10H2,1-3H3,(H,18,19);7H2,1-6H3. The van der Waals surface area contributed by atoms with Crippen LogP contribution in [0.5, 0.6) is 0 Å². The van der Waals surface area contributed by atoms with Crippen molar-refractivity contribution in [2.75, 3.05) is 0 Å². The Kier molecular flexibility index (Phi) is 13.5. The molecular formula is C48H80O10. The van der Waals surface area contributed by atoms with E-state index in [1.165, 1.54) is 6.42 Å². The lowest BCUT2D eigenvalue weighted by Crippen LogP contribution is -2.61. The van der Waals surface area contributed by atoms with E-state index in [4.69, 9.17) is 18.9 Å². The summed E-state index contributed by atoms with van der Waals surface area (Å²) >= 11 is 0. The summed E-state index contributed by atoms with van der Waals surface area (Å²) in [5.41, 5.74) is -4.21. The summed E-state index contributed by atoms with van der Waals surface area (Å²) in [5, 5.41) is 9.69. The summed E-state index contributed by atoms with van der Waals surface area (Å²) in [4.78, 5) is 61.5. The molecule has 0 radical (unpaired) electrons. The Morgan fingerprint density at radius 1 is 0.483 bits per heavy atom. The van der Waals surface area contributed by atoms with Crippen LogP contribution >= 0.6 is 0 Å². The fourth-order valence-corrected chi connectivity index (χ4v) is 11.0. The molecule has 0 aliphatic heterocycles. The third-order valence-corrected chi connectivity index (χ3v) is 14.6. The Balaban J connectivity index is 0.000000205. The maximum atomic E-state index is 13.0. The van der Waals surface area contributed by atoms with Gasteiger partial charge in [0.2, 0.25) is 0 Å². The van der Waals surface area contributed by atoms with E-state index >= 15 is 0 Å². The van der Waals surface area contributed by atoms with Crippen molar-refractivity contribution >= 4 is 29.8 Å². The van der Waals surface area contributed by atoms with E-state index < -0.39 is 44.4 Å². The molecule has 4 atom stereocenters. The Morgan fingerprint density at radius 3 is 1.10 bits per heavy atom. The molecule has 8 rings (SSSR count). The first-order chi connectivity index (χ1) is 26.3. The average molecular weight is 817 g/mol. The highest BCUT2D eigenvalue weighted by atomic mass is 16.6. The van der Waals surface area contributed by atoms with Crippen molar-refractivity contribution < 1.29 is 48.0 Å². The zero-order chi connectivity index (χ0) is 44.1. The molecule has 10 heteroatoms. The van der Waals surface area contributed by atoms with Crippen molar-refractivity contribution in [1.29, 1.82) is 0 Å². The molecule has 8 bridgehead atoms. The lowest BCUT2D eigenvalue weighted by molar-refractivity contribution is -0.222. The molecule has 58 heavy (non-hydrogen) atoms. The quantitative estimate of drug-likeness (QED) is 0.167. The van der Waals surface area contributed by atoms with Crippen LogP contribution in [0.4, 0.5) is 0 Å². The second kappa shape index (κ2) is 16.3. The smallest absolute Gasteiger partial charge is 0.312 e. The molecule has 1 N–H and O–H groups in total. The monoisotopic (exact) mass is 817 g/mol. The first-order valence-corrected chi connectivity index (χ1v) is 22.5. The lowest BCUT2D eigenvalue weighted by Gasteiger charge is -2.60. The fraction of sp³-hybridized carbons (Fsp3) is 0.896. The fourth-order valence-electron chi connectivity index (χ4n) is 11.0. The van der Waals surface area contributed by atoms with Crippen LogP contribution < -0.4 is 0 Å². The molecule has 0 spiro atoms. The van der Waals surface area contributed by atoms with Gasteiger partial charge in [0.25, 0.3) is 0 Å². The third-order valence-electron chi connectivity index (χ3n) is 14.6. The molecule has 332 valence electrons. The van der Waals surface area contributed by atoms with Crippen molar-refractivity contribution in [3.63, 3.8) is 0 Å². The Morgan fingerprint density at radius 2 is 0.793 bits per heavy atom. The van der Waals surface area contributed by atoms with Gasteiger partial charge in [-0.1, -0.05) is 20.8 Å². The molecule has 10 nitrogen and oxygen atoms in total. The van der Waals surface area contributed by atoms with Crippen LogP contribution in [0.25, 0.3) is 0 Å². The van der Waals surface area contributed by atoms with E-state index in [9.17, 15) is 29.1 Å². The largest absolute Gasteiger partial charge is 0.481 e. The van der Waals surface area contributed by atoms with Crippen LogP contribution in [-0.2, 0) is 42.9 Å². The number of hydrogen-bond donors (Lipinski definition) is 1. The average Bonchev–Trinajstić information content (AvgIpc) is 3.05. The van der Waals surface area contributed by atoms with Crippen molar-refractivity contribution in [3.8, 4) is 0 Å². The summed E-state index contributed by atoms with van der Waals surface area (Å²) in [6, 6.07) is 0. The number of esters is 4. The Hall–Kier alpha value is -2.65. The first kappa shape index (κ1) is 48.0. The number of carbonyl (C=O) groups excluding carboxylic acids is 4. The number of rotatable bonds is 10. The minimum atomic E-state index is -0.688. The zero-order valence-electron chi connectivity index (χ0n) is 39.0. The summed E-state index contributed by atoms with van der Waals surface area (Å²) in [6.07, 6.45) is 12.7. The molecule has 0 amide bonds. The van der Waals surface area contributed by atoms with Gasteiger partial charge in [-0.3, -0.25) is 24.0 Å². The summed E-state index contributed by atoms with van der Waals surface area (Å²) < 4.78 is 23.2. The molecule has 8 aliphatic carbocycles. The minimum Gasteiger partial charge on any atom is -0.481 e. The van der Waals surface area contributed by atoms with Gasteiger partial charge in [-0.05, 0) is 190 Å². The molecule has 8 saturated carbocycles. The summed E-state index contributed by atoms with van der Waals surface area (Å²) in [6.45, 7) is 28.9. The molecule has 4 unspecified atom stereocenters. The number of carboxylic acid groups (broad SMARTS) is 1. The zero-order valence-corrected chi connectivity index (χ0v) is 39.0. The highest BCUT2D eigenvalue weighted by Gasteiger charge is 2.65. The van der Waals surface area contributed by atoms with Gasteiger partial charge in [0.05, 0.1) is 27.1 Å². The maximum absolute atomic E-state index is 13.0. The van der Waals surface area contributed by atoms with Crippen LogP contribution in [0, 0.1) is 50.7 Å². The van der Waals surface area contributed by atoms with Gasteiger partial charge in [-0.25, -0.2) is 0 Å². The van der Waals surface area contributed by atoms with Crippen molar-refractivity contribution in [3.05, 3.63) is 0 Å². The van der Waals surface area contributed by atoms with E-state index in [0.29, 0.717) is 36.5 Å². The van der Waals surface area contributed by atoms with Gasteiger partial charge in [-0.2, -0.15) is 0 Å².